The molecular formula is C2H3AuBr2. The Morgan fingerprint density at radius 2 is 1.80 bits per heavy atom. The van der Waals surface area contributed by atoms with Gasteiger partial charge in [-0.15, -0.1) is 21.3 Å². The summed E-state index contributed by atoms with van der Waals surface area (Å²) < 4.78 is 0. The molecule has 0 aromatic heterocycles. The van der Waals surface area contributed by atoms with Gasteiger partial charge in [0, 0.05) is 0 Å². The van der Waals surface area contributed by atoms with Gasteiger partial charge in [0.05, 0.1) is 0 Å². The summed E-state index contributed by atoms with van der Waals surface area (Å²) in [6.45, 7) is 0. The van der Waals surface area contributed by atoms with Crippen LogP contribution in [0.4, 0.5) is 0 Å². The summed E-state index contributed by atoms with van der Waals surface area (Å²) in [5.74, 6) is 0. The van der Waals surface area contributed by atoms with Crippen molar-refractivity contribution in [2.75, 3.05) is 5.33 Å². The number of rotatable bonds is 1. The molecule has 0 radical (unpaired) electrons. The Kier molecular flexibility index (Phi) is 18.1. The first-order valence-corrected chi connectivity index (χ1v) is 2.93. The van der Waals surface area contributed by atoms with Crippen LogP contribution in [0.1, 0.15) is 0 Å². The van der Waals surface area contributed by atoms with Crippen molar-refractivity contribution in [3.8, 4) is 0 Å². The second kappa shape index (κ2) is 9.20. The molecule has 0 bridgehead atoms. The minimum atomic E-state index is 0. The van der Waals surface area contributed by atoms with E-state index in [1.165, 1.54) is 0 Å². The zero-order chi connectivity index (χ0) is 3.41. The molecule has 5 heavy (non-hydrogen) atoms. The van der Waals surface area contributed by atoms with Crippen molar-refractivity contribution in [3.05, 3.63) is 5.33 Å². The van der Waals surface area contributed by atoms with E-state index < -0.39 is 0 Å². The van der Waals surface area contributed by atoms with Crippen LogP contribution in [-0.4, -0.2) is 5.33 Å². The van der Waals surface area contributed by atoms with Crippen LogP contribution in [0.15, 0.2) is 0 Å². The van der Waals surface area contributed by atoms with E-state index in [-0.39, 0.29) is 22.4 Å². The summed E-state index contributed by atoms with van der Waals surface area (Å²) in [5.41, 5.74) is 0. The molecule has 3 heteroatoms. The molecule has 36 valence electrons. The Morgan fingerprint density at radius 1 is 1.60 bits per heavy atom. The smallest absolute Gasteiger partial charge is 0.319 e. The first-order chi connectivity index (χ1) is 1.91. The van der Waals surface area contributed by atoms with Crippen LogP contribution in [-0.2, 0) is 22.4 Å². The van der Waals surface area contributed by atoms with E-state index in [2.05, 4.69) is 31.9 Å². The van der Waals surface area contributed by atoms with Crippen molar-refractivity contribution in [1.82, 2.24) is 0 Å². The Hall–Kier alpha value is 1.70. The third-order valence-corrected chi connectivity index (χ3v) is 1.57. The Balaban J connectivity index is 0. The van der Waals surface area contributed by atoms with Gasteiger partial charge in [0.2, 0.25) is 0 Å². The van der Waals surface area contributed by atoms with Gasteiger partial charge in [0.15, 0.2) is 0 Å². The monoisotopic (exact) mass is 382 g/mol. The van der Waals surface area contributed by atoms with E-state index in [0.29, 0.717) is 0 Å². The van der Waals surface area contributed by atoms with Gasteiger partial charge in [-0.05, 0) is 0 Å². The number of hydrogen-bond donors (Lipinski definition) is 0. The fourth-order valence-electron chi connectivity index (χ4n) is 0. The number of alkyl halides is 1. The van der Waals surface area contributed by atoms with E-state index in [0.717, 1.165) is 5.33 Å². The van der Waals surface area contributed by atoms with Gasteiger partial charge >= 0.3 is 22.4 Å². The third kappa shape index (κ3) is 10.7. The Labute approximate surface area is 64.5 Å². The Bertz CT molecular complexity index is 9.61. The maximum absolute atomic E-state index is 3.15. The molecule has 0 saturated carbocycles. The number of hydrogen-bond acceptors (Lipinski definition) is 0. The zero-order valence-electron chi connectivity index (χ0n) is 2.34. The van der Waals surface area contributed by atoms with Crippen molar-refractivity contribution in [3.63, 3.8) is 0 Å². The molecule has 0 aliphatic heterocycles. The van der Waals surface area contributed by atoms with Gasteiger partial charge in [-0.3, -0.25) is 5.33 Å². The molecule has 0 nitrogen and oxygen atoms in total. The zero-order valence-corrected chi connectivity index (χ0v) is 7.68. The van der Waals surface area contributed by atoms with Gasteiger partial charge in [-0.25, -0.2) is 0 Å². The molecular weight excluding hydrogens is 381 g/mol. The SMILES string of the molecule is Br[CH-]CBr.[Au+]. The standard InChI is InChI=1S/C2H3Br2.Au/c3-1-2-4;/h1H,2H2;/q-1;+1. The molecule has 0 rings (SSSR count). The summed E-state index contributed by atoms with van der Waals surface area (Å²) in [6, 6.07) is 0. The van der Waals surface area contributed by atoms with Crippen LogP contribution in [0.2, 0.25) is 0 Å². The van der Waals surface area contributed by atoms with Crippen molar-refractivity contribution >= 4 is 31.9 Å². The van der Waals surface area contributed by atoms with Crippen LogP contribution < -0.4 is 0 Å². The van der Waals surface area contributed by atoms with E-state index in [1.807, 2.05) is 5.33 Å². The van der Waals surface area contributed by atoms with E-state index >= 15 is 0 Å². The maximum atomic E-state index is 3.15. The molecule has 0 aliphatic rings. The summed E-state index contributed by atoms with van der Waals surface area (Å²) in [4.78, 5) is 0. The van der Waals surface area contributed by atoms with Gasteiger partial charge in [-0.2, -0.15) is 0 Å². The second-order valence-corrected chi connectivity index (χ2v) is 1.60. The van der Waals surface area contributed by atoms with Crippen LogP contribution >= 0.6 is 31.9 Å². The molecule has 0 unspecified atom stereocenters. The van der Waals surface area contributed by atoms with Crippen molar-refractivity contribution in [1.29, 1.82) is 0 Å². The number of halogens is 2. The molecule has 0 atom stereocenters. The first kappa shape index (κ1) is 9.85. The average Bonchev–Trinajstić information content (AvgIpc) is 1.37. The fraction of sp³-hybridized carbons (Fsp3) is 0.500. The van der Waals surface area contributed by atoms with Gasteiger partial charge in [0.25, 0.3) is 0 Å². The second-order valence-electron chi connectivity index (χ2n) is 0.309. The Morgan fingerprint density at radius 3 is 1.80 bits per heavy atom. The molecule has 0 aliphatic carbocycles. The summed E-state index contributed by atoms with van der Waals surface area (Å²) in [7, 11) is 0. The van der Waals surface area contributed by atoms with Crippen LogP contribution in [0.3, 0.4) is 0 Å². The molecule has 0 N–H and O–H groups in total. The van der Waals surface area contributed by atoms with E-state index in [9.17, 15) is 0 Å². The first-order valence-electron chi connectivity index (χ1n) is 0.894. The predicted octanol–water partition coefficient (Wildman–Crippen LogP) is 1.94. The van der Waals surface area contributed by atoms with Gasteiger partial charge in [-0.1, -0.05) is 0 Å². The molecule has 0 saturated heterocycles. The van der Waals surface area contributed by atoms with Crippen molar-refractivity contribution < 1.29 is 22.4 Å². The molecule has 0 fully saturated rings. The third-order valence-electron chi connectivity index (χ3n) is 0.0583. The fourth-order valence-corrected chi connectivity index (χ4v) is 0. The van der Waals surface area contributed by atoms with Crippen LogP contribution in [0, 0.1) is 5.33 Å². The maximum Gasteiger partial charge on any atom is 1.00 e. The normalized spacial score (nSPS) is 6.00. The summed E-state index contributed by atoms with van der Waals surface area (Å²) >= 11 is 6.22. The van der Waals surface area contributed by atoms with Crippen LogP contribution in [0.5, 0.6) is 0 Å². The predicted molar refractivity (Wildman–Crippen MR) is 27.0 cm³/mol. The van der Waals surface area contributed by atoms with Gasteiger partial charge < -0.3 is 15.9 Å². The van der Waals surface area contributed by atoms with Crippen molar-refractivity contribution in [2.24, 2.45) is 0 Å². The summed E-state index contributed by atoms with van der Waals surface area (Å²) in [6.07, 6.45) is 0. The molecule has 0 spiro atoms. The molecule has 0 amide bonds. The summed E-state index contributed by atoms with van der Waals surface area (Å²) in [5, 5.41) is 2.78. The van der Waals surface area contributed by atoms with Crippen molar-refractivity contribution in [2.45, 2.75) is 0 Å². The van der Waals surface area contributed by atoms with E-state index in [4.69, 9.17) is 0 Å². The van der Waals surface area contributed by atoms with Gasteiger partial charge in [0.1, 0.15) is 0 Å². The molecule has 0 aromatic rings. The minimum absolute atomic E-state index is 0. The topological polar surface area (TPSA) is 0 Å². The molecule has 0 heterocycles. The molecule has 0 aromatic carbocycles. The largest absolute Gasteiger partial charge is 1.00 e. The minimum Gasteiger partial charge on any atom is -0.319 e. The van der Waals surface area contributed by atoms with Crippen LogP contribution in [0.25, 0.3) is 0 Å². The van der Waals surface area contributed by atoms with E-state index in [1.54, 1.807) is 0 Å². The average molecular weight is 384 g/mol. The quantitative estimate of drug-likeness (QED) is 0.369.